The fourth-order valence-electron chi connectivity index (χ4n) is 5.57. The van der Waals surface area contributed by atoms with E-state index in [1.165, 1.54) is 11.1 Å². The van der Waals surface area contributed by atoms with Crippen LogP contribution in [0.15, 0.2) is 84.9 Å². The zero-order chi connectivity index (χ0) is 28.0. The monoisotopic (exact) mass is 527 g/mol. The molecule has 3 aromatic rings. The molecule has 1 aliphatic rings. The van der Waals surface area contributed by atoms with Gasteiger partial charge in [0.05, 0.1) is 12.0 Å². The van der Waals surface area contributed by atoms with Crippen LogP contribution in [-0.2, 0) is 9.59 Å². The van der Waals surface area contributed by atoms with Crippen molar-refractivity contribution in [2.45, 2.75) is 52.9 Å². The molecule has 1 aliphatic heterocycles. The van der Waals surface area contributed by atoms with E-state index in [0.717, 1.165) is 25.9 Å². The second-order valence-electron chi connectivity index (χ2n) is 12.1. The van der Waals surface area contributed by atoms with Crippen LogP contribution < -0.4 is 4.74 Å². The summed E-state index contributed by atoms with van der Waals surface area (Å²) in [7, 11) is 0. The van der Waals surface area contributed by atoms with Crippen molar-refractivity contribution < 1.29 is 19.4 Å². The molecule has 0 amide bonds. The Labute approximate surface area is 232 Å². The van der Waals surface area contributed by atoms with Gasteiger partial charge in [-0.2, -0.15) is 0 Å². The van der Waals surface area contributed by atoms with Gasteiger partial charge in [-0.3, -0.25) is 14.5 Å². The van der Waals surface area contributed by atoms with E-state index in [0.29, 0.717) is 18.2 Å². The first-order valence-corrected chi connectivity index (χ1v) is 13.9. The molecule has 0 radical (unpaired) electrons. The number of esters is 1. The summed E-state index contributed by atoms with van der Waals surface area (Å²) in [5.74, 6) is 1.13. The van der Waals surface area contributed by atoms with E-state index in [1.807, 2.05) is 64.1 Å². The molecule has 5 nitrogen and oxygen atoms in total. The Kier molecular flexibility index (Phi) is 8.91. The van der Waals surface area contributed by atoms with Crippen LogP contribution in [0.25, 0.3) is 0 Å². The van der Waals surface area contributed by atoms with Gasteiger partial charge in [0.2, 0.25) is 0 Å². The number of likely N-dealkylation sites (tertiary alicyclic amines) is 1. The van der Waals surface area contributed by atoms with Crippen LogP contribution in [0.4, 0.5) is 0 Å². The number of phenolic OH excluding ortho intramolecular Hbond substituents is 1. The van der Waals surface area contributed by atoms with Gasteiger partial charge in [-0.15, -0.1) is 0 Å². The van der Waals surface area contributed by atoms with Crippen LogP contribution >= 0.6 is 0 Å². The molecule has 1 heterocycles. The standard InChI is InChI=1S/C34H41NO4/c1-33(2,3)34(4,32(38)39-30-13-9-6-10-14-30)23-29(37)24-35-21-19-27(20-22-35)31(25-11-7-5-8-12-25)26-15-17-28(36)18-16-26/h5-18,27,31,36H,19-24H2,1-4H3. The second kappa shape index (κ2) is 12.2. The Morgan fingerprint density at radius 1 is 0.846 bits per heavy atom. The molecule has 0 aromatic heterocycles. The normalized spacial score (nSPS) is 17.2. The van der Waals surface area contributed by atoms with Crippen molar-refractivity contribution in [3.8, 4) is 11.5 Å². The average Bonchev–Trinajstić information content (AvgIpc) is 2.91. The first kappa shape index (κ1) is 28.6. The minimum absolute atomic E-state index is 0.0639. The zero-order valence-corrected chi connectivity index (χ0v) is 23.6. The van der Waals surface area contributed by atoms with Crippen molar-refractivity contribution in [2.75, 3.05) is 19.6 Å². The Balaban J connectivity index is 1.40. The first-order valence-electron chi connectivity index (χ1n) is 13.9. The molecule has 1 N–H and O–H groups in total. The van der Waals surface area contributed by atoms with Crippen LogP contribution in [0.5, 0.6) is 11.5 Å². The van der Waals surface area contributed by atoms with Crippen molar-refractivity contribution in [2.24, 2.45) is 16.7 Å². The number of nitrogens with zero attached hydrogens (tertiary/aromatic N) is 1. The minimum Gasteiger partial charge on any atom is -0.508 e. The highest BCUT2D eigenvalue weighted by molar-refractivity contribution is 5.89. The minimum atomic E-state index is -0.949. The molecular weight excluding hydrogens is 486 g/mol. The van der Waals surface area contributed by atoms with Crippen molar-refractivity contribution in [3.63, 3.8) is 0 Å². The number of rotatable bonds is 9. The summed E-state index contributed by atoms with van der Waals surface area (Å²) in [4.78, 5) is 28.9. The molecule has 0 bridgehead atoms. The third kappa shape index (κ3) is 6.96. The molecule has 2 unspecified atom stereocenters. The SMILES string of the molecule is CC(C)(C)C(C)(CC(=O)CN1CCC(C(c2ccccc2)c2ccc(O)cc2)CC1)C(=O)Oc1ccccc1. The van der Waals surface area contributed by atoms with Gasteiger partial charge in [-0.05, 0) is 79.6 Å². The number of carbonyl (C=O) groups excluding carboxylic acids is 2. The van der Waals surface area contributed by atoms with Gasteiger partial charge >= 0.3 is 5.97 Å². The molecule has 5 heteroatoms. The lowest BCUT2D eigenvalue weighted by Crippen LogP contribution is -2.46. The molecule has 206 valence electrons. The molecule has 0 aliphatic carbocycles. The number of para-hydroxylation sites is 1. The lowest BCUT2D eigenvalue weighted by Gasteiger charge is -2.40. The summed E-state index contributed by atoms with van der Waals surface area (Å²) in [5, 5.41) is 9.81. The summed E-state index contributed by atoms with van der Waals surface area (Å²) in [6, 6.07) is 27.1. The van der Waals surface area contributed by atoms with E-state index < -0.39 is 10.8 Å². The summed E-state index contributed by atoms with van der Waals surface area (Å²) in [6.07, 6.45) is 2.09. The van der Waals surface area contributed by atoms with Gasteiger partial charge in [-0.25, -0.2) is 0 Å². The largest absolute Gasteiger partial charge is 0.508 e. The van der Waals surface area contributed by atoms with E-state index in [4.69, 9.17) is 4.74 Å². The molecule has 1 fully saturated rings. The maximum absolute atomic E-state index is 13.3. The molecular formula is C34H41NO4. The smallest absolute Gasteiger partial charge is 0.318 e. The molecule has 0 saturated carbocycles. The fraction of sp³-hybridized carbons (Fsp3) is 0.412. The third-order valence-corrected chi connectivity index (χ3v) is 8.52. The van der Waals surface area contributed by atoms with Gasteiger partial charge in [0.15, 0.2) is 0 Å². The second-order valence-corrected chi connectivity index (χ2v) is 12.1. The molecule has 4 rings (SSSR count). The lowest BCUT2D eigenvalue weighted by atomic mass is 9.65. The lowest BCUT2D eigenvalue weighted by molar-refractivity contribution is -0.155. The van der Waals surface area contributed by atoms with Crippen LogP contribution in [0, 0.1) is 16.7 Å². The number of ether oxygens (including phenoxy) is 1. The van der Waals surface area contributed by atoms with E-state index >= 15 is 0 Å². The summed E-state index contributed by atoms with van der Waals surface area (Å²) < 4.78 is 5.71. The van der Waals surface area contributed by atoms with E-state index in [-0.39, 0.29) is 29.8 Å². The van der Waals surface area contributed by atoms with Gasteiger partial charge in [-0.1, -0.05) is 81.4 Å². The quantitative estimate of drug-likeness (QED) is 0.243. The van der Waals surface area contributed by atoms with Crippen LogP contribution in [0.3, 0.4) is 0 Å². The highest BCUT2D eigenvalue weighted by Crippen LogP contribution is 2.43. The Hall–Kier alpha value is -3.44. The Morgan fingerprint density at radius 2 is 1.38 bits per heavy atom. The number of benzene rings is 3. The number of carbonyl (C=O) groups is 2. The number of ketones is 1. The molecule has 1 saturated heterocycles. The van der Waals surface area contributed by atoms with E-state index in [1.54, 1.807) is 24.3 Å². The number of Topliss-reactive ketones (excluding diaryl/α,β-unsaturated/α-hetero) is 1. The van der Waals surface area contributed by atoms with E-state index in [2.05, 4.69) is 29.2 Å². The van der Waals surface area contributed by atoms with Crippen LogP contribution in [0.1, 0.15) is 64.0 Å². The van der Waals surface area contributed by atoms with Crippen molar-refractivity contribution >= 4 is 11.8 Å². The topological polar surface area (TPSA) is 66.8 Å². The number of piperidine rings is 1. The summed E-state index contributed by atoms with van der Waals surface area (Å²) in [6.45, 7) is 9.83. The summed E-state index contributed by atoms with van der Waals surface area (Å²) in [5.41, 5.74) is 1.08. The maximum atomic E-state index is 13.3. The Morgan fingerprint density at radius 3 is 1.95 bits per heavy atom. The predicted molar refractivity (Wildman–Crippen MR) is 155 cm³/mol. The van der Waals surface area contributed by atoms with E-state index in [9.17, 15) is 14.7 Å². The molecule has 0 spiro atoms. The van der Waals surface area contributed by atoms with Gasteiger partial charge in [0, 0.05) is 12.3 Å². The van der Waals surface area contributed by atoms with Crippen molar-refractivity contribution in [1.82, 2.24) is 4.90 Å². The number of phenols is 1. The molecule has 39 heavy (non-hydrogen) atoms. The van der Waals surface area contributed by atoms with Crippen molar-refractivity contribution in [3.05, 3.63) is 96.1 Å². The molecule has 2 atom stereocenters. The van der Waals surface area contributed by atoms with Crippen LogP contribution in [0.2, 0.25) is 0 Å². The number of hydrogen-bond acceptors (Lipinski definition) is 5. The highest BCUT2D eigenvalue weighted by atomic mass is 16.5. The Bertz CT molecular complexity index is 1230. The maximum Gasteiger partial charge on any atom is 0.318 e. The molecule has 3 aromatic carbocycles. The van der Waals surface area contributed by atoms with Crippen LogP contribution in [-0.4, -0.2) is 41.4 Å². The first-order chi connectivity index (χ1) is 18.6. The predicted octanol–water partition coefficient (Wildman–Crippen LogP) is 6.85. The third-order valence-electron chi connectivity index (χ3n) is 8.52. The van der Waals surface area contributed by atoms with Gasteiger partial charge < -0.3 is 9.84 Å². The van der Waals surface area contributed by atoms with Gasteiger partial charge in [0.25, 0.3) is 0 Å². The highest BCUT2D eigenvalue weighted by Gasteiger charge is 2.47. The number of hydrogen-bond donors (Lipinski definition) is 1. The fourth-order valence-corrected chi connectivity index (χ4v) is 5.57. The van der Waals surface area contributed by atoms with Crippen molar-refractivity contribution in [1.29, 1.82) is 0 Å². The number of aromatic hydroxyl groups is 1. The summed E-state index contributed by atoms with van der Waals surface area (Å²) >= 11 is 0. The average molecular weight is 528 g/mol. The van der Waals surface area contributed by atoms with Gasteiger partial charge in [0.1, 0.15) is 17.3 Å². The zero-order valence-electron chi connectivity index (χ0n) is 23.6.